The Labute approximate surface area is 153 Å². The topological polar surface area (TPSA) is 68.3 Å². The minimum atomic E-state index is -8.46. The van der Waals surface area contributed by atoms with Crippen LogP contribution in [0.3, 0.4) is 0 Å². The molecule has 176 valence electrons. The van der Waals surface area contributed by atoms with Gasteiger partial charge in [0.1, 0.15) is 21.6 Å². The number of rotatable bonds is 6. The Hall–Kier alpha value is -0.800. The van der Waals surface area contributed by atoms with Crippen LogP contribution >= 0.6 is 0 Å². The zero-order valence-corrected chi connectivity index (χ0v) is 14.6. The first kappa shape index (κ1) is 28.2. The molecule has 0 aromatic heterocycles. The highest BCUT2D eigenvalue weighted by Crippen LogP contribution is 2.50. The van der Waals surface area contributed by atoms with Gasteiger partial charge in [0, 0.05) is 0 Å². The third-order valence-corrected chi connectivity index (χ3v) is 9.70. The first-order valence-electron chi connectivity index (χ1n) is 5.57. The van der Waals surface area contributed by atoms with Crippen LogP contribution in [0.25, 0.3) is 0 Å². The molecule has 0 aliphatic rings. The molecule has 0 fully saturated rings. The molecule has 0 rings (SSSR count). The Morgan fingerprint density at radius 1 is 0.517 bits per heavy atom. The van der Waals surface area contributed by atoms with E-state index in [0.29, 0.717) is 0 Å². The Morgan fingerprint density at radius 2 is 0.759 bits per heavy atom. The van der Waals surface area contributed by atoms with Crippen LogP contribution in [0.2, 0.25) is 0 Å². The van der Waals surface area contributed by atoms with E-state index in [2.05, 4.69) is 0 Å². The summed E-state index contributed by atoms with van der Waals surface area (Å²) < 4.78 is 226. The lowest BCUT2D eigenvalue weighted by Gasteiger charge is -2.30. The van der Waals surface area contributed by atoms with Crippen LogP contribution in [0.1, 0.15) is 0 Å². The molecule has 0 saturated heterocycles. The summed E-state index contributed by atoms with van der Waals surface area (Å²) in [6, 6.07) is 0. The van der Waals surface area contributed by atoms with Gasteiger partial charge in [0.15, 0.2) is 0 Å². The van der Waals surface area contributed by atoms with E-state index in [-0.39, 0.29) is 0 Å². The summed E-state index contributed by atoms with van der Waals surface area (Å²) in [5, 5.41) is -22.1. The van der Waals surface area contributed by atoms with E-state index in [4.69, 9.17) is 0 Å². The van der Waals surface area contributed by atoms with Crippen LogP contribution in [-0.2, 0) is 31.4 Å². The lowest BCUT2D eigenvalue weighted by Crippen LogP contribution is -2.58. The van der Waals surface area contributed by atoms with Crippen LogP contribution in [0.15, 0.2) is 0 Å². The lowest BCUT2D eigenvalue weighted by atomic mass is 10.7. The molecule has 0 saturated carbocycles. The monoisotopic (exact) mass is 530 g/mol. The largest absolute Gasteiger partial charge is 0.469 e. The zero-order valence-electron chi connectivity index (χ0n) is 12.1. The predicted octanol–water partition coefficient (Wildman–Crippen LogP) is 3.65. The maximum absolute atomic E-state index is 13.0. The predicted molar refractivity (Wildman–Crippen MR) is 62.0 cm³/mol. The molecule has 22 heteroatoms. The Balaban J connectivity index is 7.10. The van der Waals surface area contributed by atoms with Crippen LogP contribution in [0.5, 0.6) is 0 Å². The summed E-state index contributed by atoms with van der Waals surface area (Å²) in [5.74, 6) is 0. The van der Waals surface area contributed by atoms with E-state index in [1.165, 1.54) is 0 Å². The second kappa shape index (κ2) is 7.41. The van der Waals surface area contributed by atoms with Gasteiger partial charge >= 0.3 is 34.3 Å². The van der Waals surface area contributed by atoms with Crippen molar-refractivity contribution in [3.05, 3.63) is 0 Å². The minimum Gasteiger partial charge on any atom is -0.251 e. The highest BCUT2D eigenvalue weighted by atomic mass is 32.3. The Kier molecular flexibility index (Phi) is 7.20. The summed E-state index contributed by atoms with van der Waals surface area (Å²) in [5.41, 5.74) is 0. The number of sulfone groups is 1. The average Bonchev–Trinajstić information content (AvgIpc) is 2.42. The third-order valence-electron chi connectivity index (χ3n) is 2.46. The number of hydrogen-bond acceptors (Lipinski definition) is 4. The molecule has 0 radical (unpaired) electrons. The molecular formula is C7HF15O4S3. The van der Waals surface area contributed by atoms with Crippen molar-refractivity contribution in [1.82, 2.24) is 0 Å². The van der Waals surface area contributed by atoms with Crippen molar-refractivity contribution in [2.24, 2.45) is 0 Å². The summed E-state index contributed by atoms with van der Waals surface area (Å²) in [4.78, 5) is 0. The smallest absolute Gasteiger partial charge is 0.251 e. The molecule has 2 unspecified atom stereocenters. The van der Waals surface area contributed by atoms with Gasteiger partial charge in [0.05, 0.1) is 0 Å². The highest BCUT2D eigenvalue weighted by Gasteiger charge is 2.78. The first-order valence-corrected chi connectivity index (χ1v) is 9.54. The molecule has 0 amide bonds. The molecule has 0 aliphatic carbocycles. The number of alkyl halides is 15. The highest BCUT2D eigenvalue weighted by molar-refractivity contribution is 8.21. The van der Waals surface area contributed by atoms with Gasteiger partial charge in [-0.25, -0.2) is 8.42 Å². The van der Waals surface area contributed by atoms with E-state index >= 15 is 0 Å². The van der Waals surface area contributed by atoms with Crippen molar-refractivity contribution in [3.63, 3.8) is 0 Å². The number of halogens is 15. The molecule has 0 aromatic carbocycles. The van der Waals surface area contributed by atoms with E-state index in [0.717, 1.165) is 0 Å². The van der Waals surface area contributed by atoms with E-state index in [1.54, 1.807) is 0 Å². The van der Waals surface area contributed by atoms with Crippen molar-refractivity contribution in [2.75, 3.05) is 0 Å². The SMILES string of the molecule is O=S(C(S(=O)C(F)(F)C(F)(F)F)S(=O)(=O)C(F)(F)C(F)(F)F)C(F)(F)C(F)(F)F. The summed E-state index contributed by atoms with van der Waals surface area (Å²) in [6.45, 7) is 0. The average molecular weight is 530 g/mol. The van der Waals surface area contributed by atoms with Crippen molar-refractivity contribution in [2.45, 2.75) is 38.2 Å². The van der Waals surface area contributed by atoms with Crippen LogP contribution in [-0.4, -0.2) is 55.0 Å². The fraction of sp³-hybridized carbons (Fsp3) is 1.00. The van der Waals surface area contributed by atoms with Gasteiger partial charge in [-0.3, -0.25) is 8.42 Å². The molecule has 0 aliphatic heterocycles. The molecule has 0 heterocycles. The molecule has 4 nitrogen and oxygen atoms in total. The van der Waals surface area contributed by atoms with Crippen LogP contribution in [0.4, 0.5) is 65.9 Å². The molecule has 29 heavy (non-hydrogen) atoms. The molecular weight excluding hydrogens is 529 g/mol. The fourth-order valence-corrected chi connectivity index (χ4v) is 7.22. The standard InChI is InChI=1S/C7HF15O4S3/c8-2(9,10)5(17,18)27(23)1(28(24)6(19,20)3(11,12)13)29(25,26)7(21,22)4(14,15)16/h1H. The van der Waals surface area contributed by atoms with Crippen molar-refractivity contribution in [3.8, 4) is 0 Å². The van der Waals surface area contributed by atoms with E-state index in [1.807, 2.05) is 0 Å². The third kappa shape index (κ3) is 4.61. The van der Waals surface area contributed by atoms with Crippen LogP contribution < -0.4 is 0 Å². The van der Waals surface area contributed by atoms with Crippen molar-refractivity contribution in [1.29, 1.82) is 0 Å². The van der Waals surface area contributed by atoms with Gasteiger partial charge in [-0.15, -0.1) is 0 Å². The second-order valence-electron chi connectivity index (χ2n) is 4.47. The zero-order chi connectivity index (χ0) is 24.2. The fourth-order valence-electron chi connectivity index (χ4n) is 1.06. The van der Waals surface area contributed by atoms with Gasteiger partial charge in [-0.1, -0.05) is 0 Å². The summed E-state index contributed by atoms with van der Waals surface area (Å²) >= 11 is 0. The molecule has 0 N–H and O–H groups in total. The van der Waals surface area contributed by atoms with Crippen molar-refractivity contribution < 1.29 is 82.7 Å². The summed E-state index contributed by atoms with van der Waals surface area (Å²) in [6.07, 6.45) is -22.1. The maximum Gasteiger partial charge on any atom is 0.469 e. The Morgan fingerprint density at radius 3 is 0.931 bits per heavy atom. The van der Waals surface area contributed by atoms with Crippen LogP contribution in [0, 0.1) is 0 Å². The second-order valence-corrected chi connectivity index (χ2v) is 10.6. The summed E-state index contributed by atoms with van der Waals surface area (Å²) in [7, 11) is -21.1. The quantitative estimate of drug-likeness (QED) is 0.492. The Bertz CT molecular complexity index is 735. The molecule has 2 atom stereocenters. The van der Waals surface area contributed by atoms with Gasteiger partial charge in [-0.2, -0.15) is 65.9 Å². The molecule has 0 aromatic rings. The van der Waals surface area contributed by atoms with Gasteiger partial charge in [0.25, 0.3) is 9.84 Å². The maximum atomic E-state index is 13.0. The van der Waals surface area contributed by atoms with Gasteiger partial charge in [-0.05, 0) is 0 Å². The van der Waals surface area contributed by atoms with Crippen molar-refractivity contribution >= 4 is 31.4 Å². The number of hydrogen-bond donors (Lipinski definition) is 0. The molecule has 0 bridgehead atoms. The molecule has 0 spiro atoms. The van der Waals surface area contributed by atoms with Gasteiger partial charge in [0.2, 0.25) is 3.91 Å². The van der Waals surface area contributed by atoms with E-state index in [9.17, 15) is 82.7 Å². The van der Waals surface area contributed by atoms with Gasteiger partial charge < -0.3 is 0 Å². The van der Waals surface area contributed by atoms with E-state index < -0.39 is 69.6 Å². The minimum absolute atomic E-state index is 5.88. The normalized spacial score (nSPS) is 19.0. The lowest BCUT2D eigenvalue weighted by molar-refractivity contribution is -0.242. The first-order chi connectivity index (χ1) is 12.2.